The normalized spacial score (nSPS) is 14.4. The molecule has 82 valence electrons. The SMILES string of the molecule is CC/C=C/C(C)(C)C(C)C(=O)OCC. The molecule has 0 amide bonds. The summed E-state index contributed by atoms with van der Waals surface area (Å²) in [5, 5.41) is 0. The Morgan fingerprint density at radius 2 is 2.00 bits per heavy atom. The molecule has 2 heteroatoms. The molecule has 0 fully saturated rings. The van der Waals surface area contributed by atoms with Crippen LogP contribution in [0, 0.1) is 11.3 Å². The highest BCUT2D eigenvalue weighted by Gasteiger charge is 2.29. The molecule has 0 aliphatic rings. The van der Waals surface area contributed by atoms with E-state index in [0.717, 1.165) is 6.42 Å². The van der Waals surface area contributed by atoms with Gasteiger partial charge >= 0.3 is 5.97 Å². The molecule has 0 saturated carbocycles. The second-order valence-electron chi connectivity index (χ2n) is 4.11. The lowest BCUT2D eigenvalue weighted by atomic mass is 9.79. The van der Waals surface area contributed by atoms with Crippen molar-refractivity contribution in [3.8, 4) is 0 Å². The Hall–Kier alpha value is -0.790. The van der Waals surface area contributed by atoms with Gasteiger partial charge in [-0.2, -0.15) is 0 Å². The predicted octanol–water partition coefficient (Wildman–Crippen LogP) is 3.18. The highest BCUT2D eigenvalue weighted by molar-refractivity contribution is 5.73. The van der Waals surface area contributed by atoms with Crippen molar-refractivity contribution in [1.82, 2.24) is 0 Å². The zero-order chi connectivity index (χ0) is 11.2. The van der Waals surface area contributed by atoms with Crippen LogP contribution in [0.25, 0.3) is 0 Å². The zero-order valence-corrected chi connectivity index (χ0v) is 9.96. The molecule has 14 heavy (non-hydrogen) atoms. The molecule has 0 saturated heterocycles. The largest absolute Gasteiger partial charge is 0.466 e. The highest BCUT2D eigenvalue weighted by atomic mass is 16.5. The van der Waals surface area contributed by atoms with E-state index in [4.69, 9.17) is 4.74 Å². The van der Waals surface area contributed by atoms with Gasteiger partial charge in [0, 0.05) is 0 Å². The number of hydrogen-bond acceptors (Lipinski definition) is 2. The lowest BCUT2D eigenvalue weighted by molar-refractivity contribution is -0.150. The molecule has 1 atom stereocenters. The van der Waals surface area contributed by atoms with E-state index in [9.17, 15) is 4.79 Å². The van der Waals surface area contributed by atoms with Gasteiger partial charge in [-0.1, -0.05) is 39.8 Å². The first-order chi connectivity index (χ1) is 6.45. The van der Waals surface area contributed by atoms with Crippen LogP contribution in [0.1, 0.15) is 41.0 Å². The van der Waals surface area contributed by atoms with Crippen LogP contribution >= 0.6 is 0 Å². The van der Waals surface area contributed by atoms with E-state index in [0.29, 0.717) is 6.61 Å². The van der Waals surface area contributed by atoms with Gasteiger partial charge < -0.3 is 4.74 Å². The van der Waals surface area contributed by atoms with E-state index >= 15 is 0 Å². The van der Waals surface area contributed by atoms with Crippen molar-refractivity contribution in [2.45, 2.75) is 41.0 Å². The summed E-state index contributed by atoms with van der Waals surface area (Å²) in [7, 11) is 0. The van der Waals surface area contributed by atoms with Crippen LogP contribution in [0.5, 0.6) is 0 Å². The Bertz CT molecular complexity index is 204. The molecule has 0 heterocycles. The number of rotatable bonds is 5. The smallest absolute Gasteiger partial charge is 0.309 e. The van der Waals surface area contributed by atoms with E-state index < -0.39 is 0 Å². The summed E-state index contributed by atoms with van der Waals surface area (Å²) < 4.78 is 5.00. The molecule has 0 spiro atoms. The van der Waals surface area contributed by atoms with Crippen LogP contribution < -0.4 is 0 Å². The first kappa shape index (κ1) is 13.2. The minimum Gasteiger partial charge on any atom is -0.466 e. The molecule has 0 radical (unpaired) electrons. The molecular weight excluding hydrogens is 176 g/mol. The molecule has 0 aromatic carbocycles. The maximum Gasteiger partial charge on any atom is 0.309 e. The van der Waals surface area contributed by atoms with Crippen LogP contribution in [0.15, 0.2) is 12.2 Å². The van der Waals surface area contributed by atoms with Gasteiger partial charge in [-0.25, -0.2) is 0 Å². The zero-order valence-electron chi connectivity index (χ0n) is 9.96. The molecule has 0 rings (SSSR count). The molecule has 0 aromatic rings. The van der Waals surface area contributed by atoms with Crippen molar-refractivity contribution in [2.24, 2.45) is 11.3 Å². The Labute approximate surface area is 87.3 Å². The van der Waals surface area contributed by atoms with E-state index in [-0.39, 0.29) is 17.3 Å². The van der Waals surface area contributed by atoms with Gasteiger partial charge in [-0.05, 0) is 18.8 Å². The van der Waals surface area contributed by atoms with Crippen molar-refractivity contribution in [3.63, 3.8) is 0 Å². The third kappa shape index (κ3) is 3.95. The summed E-state index contributed by atoms with van der Waals surface area (Å²) in [5.41, 5.74) is -0.123. The average molecular weight is 198 g/mol. The van der Waals surface area contributed by atoms with Crippen molar-refractivity contribution < 1.29 is 9.53 Å². The fourth-order valence-corrected chi connectivity index (χ4v) is 1.14. The van der Waals surface area contributed by atoms with Gasteiger partial charge in [-0.15, -0.1) is 0 Å². The molecule has 0 bridgehead atoms. The number of carbonyl (C=O) groups is 1. The third-order valence-corrected chi connectivity index (χ3v) is 2.54. The number of carbonyl (C=O) groups excluding carboxylic acids is 1. The fourth-order valence-electron chi connectivity index (χ4n) is 1.14. The first-order valence-corrected chi connectivity index (χ1v) is 5.30. The molecule has 0 N–H and O–H groups in total. The van der Waals surface area contributed by atoms with Gasteiger partial charge in [0.25, 0.3) is 0 Å². The van der Waals surface area contributed by atoms with Gasteiger partial charge in [-0.3, -0.25) is 4.79 Å². The van der Waals surface area contributed by atoms with E-state index in [2.05, 4.69) is 32.9 Å². The number of ether oxygens (including phenoxy) is 1. The lowest BCUT2D eigenvalue weighted by Crippen LogP contribution is -2.28. The van der Waals surface area contributed by atoms with Gasteiger partial charge in [0.1, 0.15) is 0 Å². The monoisotopic (exact) mass is 198 g/mol. The second-order valence-corrected chi connectivity index (χ2v) is 4.11. The maximum atomic E-state index is 11.5. The average Bonchev–Trinajstić information content (AvgIpc) is 2.14. The van der Waals surface area contributed by atoms with Crippen molar-refractivity contribution in [3.05, 3.63) is 12.2 Å². The quantitative estimate of drug-likeness (QED) is 0.501. The van der Waals surface area contributed by atoms with Crippen LogP contribution in [0.4, 0.5) is 0 Å². The molecule has 0 aromatic heterocycles. The van der Waals surface area contributed by atoms with Gasteiger partial charge in [0.05, 0.1) is 12.5 Å². The molecule has 0 aliphatic carbocycles. The van der Waals surface area contributed by atoms with Gasteiger partial charge in [0.2, 0.25) is 0 Å². The molecule has 2 nitrogen and oxygen atoms in total. The van der Waals surface area contributed by atoms with Crippen LogP contribution in [-0.2, 0) is 9.53 Å². The van der Waals surface area contributed by atoms with Crippen LogP contribution in [0.2, 0.25) is 0 Å². The Morgan fingerprint density at radius 3 is 2.43 bits per heavy atom. The highest BCUT2D eigenvalue weighted by Crippen LogP contribution is 2.29. The first-order valence-electron chi connectivity index (χ1n) is 5.30. The minimum atomic E-state index is -0.123. The van der Waals surface area contributed by atoms with Crippen molar-refractivity contribution >= 4 is 5.97 Å². The third-order valence-electron chi connectivity index (χ3n) is 2.54. The summed E-state index contributed by atoms with van der Waals surface area (Å²) in [6.45, 7) is 10.4. The molecule has 1 unspecified atom stereocenters. The summed E-state index contributed by atoms with van der Waals surface area (Å²) in [5.74, 6) is -0.205. The summed E-state index contributed by atoms with van der Waals surface area (Å²) in [4.78, 5) is 11.5. The number of hydrogen-bond donors (Lipinski definition) is 0. The Morgan fingerprint density at radius 1 is 1.43 bits per heavy atom. The van der Waals surface area contributed by atoms with E-state index in [1.165, 1.54) is 0 Å². The fraction of sp³-hybridized carbons (Fsp3) is 0.750. The molecular formula is C12H22O2. The predicted molar refractivity (Wildman–Crippen MR) is 59.0 cm³/mol. The van der Waals surface area contributed by atoms with Crippen molar-refractivity contribution in [2.75, 3.05) is 6.61 Å². The van der Waals surface area contributed by atoms with Crippen LogP contribution in [0.3, 0.4) is 0 Å². The Balaban J connectivity index is 4.40. The number of esters is 1. The Kier molecular flexibility index (Phi) is 5.51. The topological polar surface area (TPSA) is 26.3 Å². The van der Waals surface area contributed by atoms with Crippen molar-refractivity contribution in [1.29, 1.82) is 0 Å². The van der Waals surface area contributed by atoms with Gasteiger partial charge in [0.15, 0.2) is 0 Å². The summed E-state index contributed by atoms with van der Waals surface area (Å²) in [6.07, 6.45) is 5.18. The standard InChI is InChI=1S/C12H22O2/c1-6-8-9-12(4,5)10(3)11(13)14-7-2/h8-10H,6-7H2,1-5H3/b9-8+. The lowest BCUT2D eigenvalue weighted by Gasteiger charge is -2.26. The van der Waals surface area contributed by atoms with E-state index in [1.807, 2.05) is 13.8 Å². The number of allylic oxidation sites excluding steroid dienone is 2. The second kappa shape index (κ2) is 5.84. The summed E-state index contributed by atoms with van der Waals surface area (Å²) >= 11 is 0. The molecule has 0 aliphatic heterocycles. The maximum absolute atomic E-state index is 11.5. The van der Waals surface area contributed by atoms with E-state index in [1.54, 1.807) is 0 Å². The van der Waals surface area contributed by atoms with Crippen LogP contribution in [-0.4, -0.2) is 12.6 Å². The summed E-state index contributed by atoms with van der Waals surface area (Å²) in [6, 6.07) is 0. The minimum absolute atomic E-state index is 0.0924.